The van der Waals surface area contributed by atoms with Crippen molar-refractivity contribution >= 4 is 34.6 Å². The number of carbonyl (C=O) groups is 1. The van der Waals surface area contributed by atoms with Gasteiger partial charge in [0.15, 0.2) is 5.11 Å². The van der Waals surface area contributed by atoms with Gasteiger partial charge in [-0.1, -0.05) is 31.2 Å². The summed E-state index contributed by atoms with van der Waals surface area (Å²) in [6.45, 7) is 8.74. The molecule has 0 aliphatic carbocycles. The maximum Gasteiger partial charge on any atom is 0.250 e. The molecule has 8 heteroatoms. The zero-order valence-corrected chi connectivity index (χ0v) is 24.4. The van der Waals surface area contributed by atoms with Gasteiger partial charge in [-0.3, -0.25) is 9.78 Å². The summed E-state index contributed by atoms with van der Waals surface area (Å²) in [4.78, 5) is 18.9. The normalized spacial score (nSPS) is 16.7. The molecule has 0 saturated carbocycles. The molecule has 3 heterocycles. The maximum atomic E-state index is 12.0. The van der Waals surface area contributed by atoms with Crippen LogP contribution >= 0.6 is 12.2 Å². The summed E-state index contributed by atoms with van der Waals surface area (Å²) in [6.07, 6.45) is 2.77. The van der Waals surface area contributed by atoms with Crippen LogP contribution in [0.3, 0.4) is 0 Å². The van der Waals surface area contributed by atoms with Gasteiger partial charge in [0.05, 0.1) is 23.5 Å². The van der Waals surface area contributed by atoms with Crippen molar-refractivity contribution in [3.05, 3.63) is 107 Å². The van der Waals surface area contributed by atoms with Crippen molar-refractivity contribution in [3.8, 4) is 5.69 Å². The number of anilines is 2. The van der Waals surface area contributed by atoms with Gasteiger partial charge in [-0.25, -0.2) is 0 Å². The second-order valence-corrected chi connectivity index (χ2v) is 10.5. The van der Waals surface area contributed by atoms with Gasteiger partial charge in [0.1, 0.15) is 6.61 Å². The molecule has 5 rings (SSSR count). The van der Waals surface area contributed by atoms with E-state index in [4.69, 9.17) is 21.9 Å². The fourth-order valence-electron chi connectivity index (χ4n) is 5.74. The first kappa shape index (κ1) is 27.6. The molecule has 0 radical (unpaired) electrons. The van der Waals surface area contributed by atoms with Crippen molar-refractivity contribution in [2.45, 2.75) is 46.2 Å². The molecule has 0 bridgehead atoms. The van der Waals surface area contributed by atoms with E-state index in [0.717, 1.165) is 17.8 Å². The summed E-state index contributed by atoms with van der Waals surface area (Å²) >= 11 is 5.94. The highest BCUT2D eigenvalue weighted by Crippen LogP contribution is 2.44. The molecule has 2 N–H and O–H groups in total. The predicted octanol–water partition coefficient (Wildman–Crippen LogP) is 6.12. The van der Waals surface area contributed by atoms with Crippen LogP contribution in [0.25, 0.3) is 5.69 Å². The molecule has 0 unspecified atom stereocenters. The van der Waals surface area contributed by atoms with Gasteiger partial charge in [0.2, 0.25) is 5.91 Å². The Morgan fingerprint density at radius 3 is 2.52 bits per heavy atom. The predicted molar refractivity (Wildman–Crippen MR) is 164 cm³/mol. The molecular formula is C32H35N5O2S. The average Bonchev–Trinajstić information content (AvgIpc) is 3.44. The number of carbonyl (C=O) groups excluding carboxylic acids is 1. The Labute approximate surface area is 241 Å². The lowest BCUT2D eigenvalue weighted by molar-refractivity contribution is -0.119. The van der Waals surface area contributed by atoms with Gasteiger partial charge in [-0.15, -0.1) is 0 Å². The zero-order chi connectivity index (χ0) is 28.4. The molecule has 2 atom stereocenters. The van der Waals surface area contributed by atoms with Crippen LogP contribution < -0.4 is 15.5 Å². The summed E-state index contributed by atoms with van der Waals surface area (Å²) in [5.74, 6) is -0.197. The second-order valence-electron chi connectivity index (χ2n) is 10.1. The summed E-state index contributed by atoms with van der Waals surface area (Å²) in [7, 11) is 1.50. The van der Waals surface area contributed by atoms with Crippen LogP contribution in [-0.2, 0) is 16.0 Å². The van der Waals surface area contributed by atoms with E-state index in [1.807, 2.05) is 48.7 Å². The SMILES string of the molecule is CCc1cccc(C)c1-n1c(C)cc([C@H]2[C@H](c3ccccn3)NC(=S)N2c2ccc(NC(=O)COC)cc2)c1C. The second kappa shape index (κ2) is 11.6. The van der Waals surface area contributed by atoms with Crippen molar-refractivity contribution in [2.24, 2.45) is 0 Å². The number of aromatic nitrogens is 2. The highest BCUT2D eigenvalue weighted by atomic mass is 32.1. The summed E-state index contributed by atoms with van der Waals surface area (Å²) < 4.78 is 7.32. The number of hydrogen-bond acceptors (Lipinski definition) is 4. The summed E-state index contributed by atoms with van der Waals surface area (Å²) in [6, 6.07) is 22.2. The molecule has 4 aromatic rings. The van der Waals surface area contributed by atoms with Crippen LogP contribution in [0.2, 0.25) is 0 Å². The highest BCUT2D eigenvalue weighted by Gasteiger charge is 2.42. The molecular weight excluding hydrogens is 518 g/mol. The lowest BCUT2D eigenvalue weighted by atomic mass is 9.96. The quantitative estimate of drug-likeness (QED) is 0.256. The van der Waals surface area contributed by atoms with Gasteiger partial charge in [0.25, 0.3) is 0 Å². The third-order valence-corrected chi connectivity index (χ3v) is 7.83. The van der Waals surface area contributed by atoms with Gasteiger partial charge in [-0.2, -0.15) is 0 Å². The minimum absolute atomic E-state index is 0.00592. The van der Waals surface area contributed by atoms with Gasteiger partial charge in [-0.05, 0) is 98.6 Å². The average molecular weight is 554 g/mol. The Balaban J connectivity index is 1.62. The first-order valence-electron chi connectivity index (χ1n) is 13.5. The van der Waals surface area contributed by atoms with E-state index in [2.05, 4.69) is 72.1 Å². The van der Waals surface area contributed by atoms with Crippen LogP contribution in [0.15, 0.2) is 72.9 Å². The van der Waals surface area contributed by atoms with Crippen molar-refractivity contribution < 1.29 is 9.53 Å². The molecule has 1 saturated heterocycles. The lowest BCUT2D eigenvalue weighted by Crippen LogP contribution is -2.29. The van der Waals surface area contributed by atoms with Crippen LogP contribution in [-0.4, -0.2) is 34.3 Å². The molecule has 1 amide bonds. The number of benzene rings is 2. The van der Waals surface area contributed by atoms with Crippen LogP contribution in [0, 0.1) is 20.8 Å². The van der Waals surface area contributed by atoms with Crippen molar-refractivity contribution in [1.29, 1.82) is 0 Å². The minimum Gasteiger partial charge on any atom is -0.375 e. The molecule has 40 heavy (non-hydrogen) atoms. The number of pyridine rings is 1. The molecule has 7 nitrogen and oxygen atoms in total. The number of ether oxygens (including phenoxy) is 1. The lowest BCUT2D eigenvalue weighted by Gasteiger charge is -2.28. The fraction of sp³-hybridized carbons (Fsp3) is 0.281. The molecule has 1 fully saturated rings. The molecule has 2 aromatic heterocycles. The smallest absolute Gasteiger partial charge is 0.250 e. The van der Waals surface area contributed by atoms with Crippen LogP contribution in [0.5, 0.6) is 0 Å². The van der Waals surface area contributed by atoms with E-state index in [1.54, 1.807) is 0 Å². The van der Waals surface area contributed by atoms with Crippen LogP contribution in [0.1, 0.15) is 52.8 Å². The third kappa shape index (κ3) is 5.12. The van der Waals surface area contributed by atoms with E-state index in [-0.39, 0.29) is 24.6 Å². The Morgan fingerprint density at radius 2 is 1.85 bits per heavy atom. The minimum atomic E-state index is -0.197. The van der Waals surface area contributed by atoms with E-state index < -0.39 is 0 Å². The zero-order valence-electron chi connectivity index (χ0n) is 23.6. The van der Waals surface area contributed by atoms with Crippen molar-refractivity contribution in [1.82, 2.24) is 14.9 Å². The Hall–Kier alpha value is -4.01. The Kier molecular flexibility index (Phi) is 8.00. The third-order valence-electron chi connectivity index (χ3n) is 7.52. The molecule has 1 aliphatic heterocycles. The van der Waals surface area contributed by atoms with Gasteiger partial charge in [0, 0.05) is 36.1 Å². The number of para-hydroxylation sites is 1. The number of rotatable bonds is 8. The van der Waals surface area contributed by atoms with E-state index in [9.17, 15) is 4.79 Å². The van der Waals surface area contributed by atoms with Crippen molar-refractivity contribution in [3.63, 3.8) is 0 Å². The van der Waals surface area contributed by atoms with E-state index in [1.165, 1.54) is 40.9 Å². The largest absolute Gasteiger partial charge is 0.375 e. The van der Waals surface area contributed by atoms with Crippen LogP contribution in [0.4, 0.5) is 11.4 Å². The van der Waals surface area contributed by atoms with E-state index in [0.29, 0.717) is 10.8 Å². The number of nitrogens with one attached hydrogen (secondary N) is 2. The summed E-state index contributed by atoms with van der Waals surface area (Å²) in [5, 5.41) is 7.05. The van der Waals surface area contributed by atoms with Gasteiger partial charge >= 0.3 is 0 Å². The molecule has 2 aromatic carbocycles. The summed E-state index contributed by atoms with van der Waals surface area (Å²) in [5.41, 5.74) is 9.90. The highest BCUT2D eigenvalue weighted by molar-refractivity contribution is 7.80. The first-order chi connectivity index (χ1) is 19.3. The molecule has 0 spiro atoms. The number of methoxy groups -OCH3 is 1. The topological polar surface area (TPSA) is 71.4 Å². The fourth-order valence-corrected chi connectivity index (χ4v) is 6.08. The van der Waals surface area contributed by atoms with E-state index >= 15 is 0 Å². The number of hydrogen-bond donors (Lipinski definition) is 2. The Morgan fingerprint density at radius 1 is 1.07 bits per heavy atom. The standard InChI is InChI=1S/C32H35N5O2S/c1-6-23-11-9-10-20(2)30(23)36-21(3)18-26(22(36)4)31-29(27-12-7-8-17-33-27)35-32(40)37(31)25-15-13-24(14-16-25)34-28(38)19-39-5/h7-18,29,31H,6,19H2,1-5H3,(H,34,38)(H,35,40)/t29-,31-/m0/s1. The number of amides is 1. The first-order valence-corrected chi connectivity index (χ1v) is 13.9. The number of aryl methyl sites for hydroxylation is 3. The molecule has 206 valence electrons. The van der Waals surface area contributed by atoms with Gasteiger partial charge < -0.3 is 24.8 Å². The maximum absolute atomic E-state index is 12.0. The number of nitrogens with zero attached hydrogens (tertiary/aromatic N) is 3. The Bertz CT molecular complexity index is 1530. The monoisotopic (exact) mass is 553 g/mol. The van der Waals surface area contributed by atoms with Crippen molar-refractivity contribution in [2.75, 3.05) is 23.9 Å². The molecule has 1 aliphatic rings. The number of thiocarbonyl (C=S) groups is 1.